The highest BCUT2D eigenvalue weighted by Gasteiger charge is 2.60. The molecule has 5 heteroatoms. The maximum atomic E-state index is 12.8. The summed E-state index contributed by atoms with van der Waals surface area (Å²) in [6, 6.07) is -0.304. The zero-order chi connectivity index (χ0) is 14.9. The van der Waals surface area contributed by atoms with Crippen molar-refractivity contribution >= 4 is 11.8 Å². The standard InChI is InChI=1S/C16H18N2O3/c1-7-12(9(3)21-17-7)8(2)18-15(19)13-10-4-5-11(6-10)14(13)16(18)20/h4-5,8,10-11,13-14H,6H2,1-3H3/t8-,10+,11+,13-,14+/m1/s1. The van der Waals surface area contributed by atoms with E-state index in [4.69, 9.17) is 4.52 Å². The van der Waals surface area contributed by atoms with E-state index in [2.05, 4.69) is 17.3 Å². The molecule has 0 spiro atoms. The Morgan fingerprint density at radius 1 is 1.19 bits per heavy atom. The number of aromatic nitrogens is 1. The molecule has 21 heavy (non-hydrogen) atoms. The van der Waals surface area contributed by atoms with Crippen LogP contribution in [0.1, 0.15) is 36.4 Å². The van der Waals surface area contributed by atoms with Gasteiger partial charge in [0.05, 0.1) is 23.6 Å². The fourth-order valence-corrected chi connectivity index (χ4v) is 4.52. The molecule has 2 aliphatic carbocycles. The summed E-state index contributed by atoms with van der Waals surface area (Å²) in [6.07, 6.45) is 5.18. The van der Waals surface area contributed by atoms with Gasteiger partial charge in [-0.3, -0.25) is 14.5 Å². The molecule has 0 N–H and O–H groups in total. The van der Waals surface area contributed by atoms with E-state index in [1.54, 1.807) is 0 Å². The Kier molecular flexibility index (Phi) is 2.47. The molecule has 1 saturated heterocycles. The summed E-state index contributed by atoms with van der Waals surface area (Å²) in [5.41, 5.74) is 1.61. The highest BCUT2D eigenvalue weighted by atomic mass is 16.5. The van der Waals surface area contributed by atoms with Crippen LogP contribution in [0.25, 0.3) is 0 Å². The number of allylic oxidation sites excluding steroid dienone is 2. The molecule has 2 heterocycles. The number of aryl methyl sites for hydroxylation is 2. The van der Waals surface area contributed by atoms with Gasteiger partial charge in [0.25, 0.3) is 0 Å². The largest absolute Gasteiger partial charge is 0.361 e. The van der Waals surface area contributed by atoms with Crippen LogP contribution in [-0.2, 0) is 9.59 Å². The molecular formula is C16H18N2O3. The fourth-order valence-electron chi connectivity index (χ4n) is 4.52. The molecule has 0 aromatic carbocycles. The Hall–Kier alpha value is -1.91. The van der Waals surface area contributed by atoms with Gasteiger partial charge in [0, 0.05) is 5.56 Å². The van der Waals surface area contributed by atoms with Crippen LogP contribution in [0, 0.1) is 37.5 Å². The smallest absolute Gasteiger partial charge is 0.234 e. The summed E-state index contributed by atoms with van der Waals surface area (Å²) >= 11 is 0. The minimum Gasteiger partial charge on any atom is -0.361 e. The Labute approximate surface area is 123 Å². The third-order valence-electron chi connectivity index (χ3n) is 5.40. The molecule has 4 rings (SSSR count). The SMILES string of the molecule is Cc1noc(C)c1[C@@H](C)N1C(=O)[C@@H]2[C@H](C1=O)[C@H]1C=C[C@H]2C1. The number of imide groups is 1. The number of carbonyl (C=O) groups is 2. The van der Waals surface area contributed by atoms with Crippen molar-refractivity contribution in [3.8, 4) is 0 Å². The van der Waals surface area contributed by atoms with Gasteiger partial charge in [-0.2, -0.15) is 0 Å². The van der Waals surface area contributed by atoms with Crippen LogP contribution in [0.3, 0.4) is 0 Å². The average molecular weight is 286 g/mol. The zero-order valence-electron chi connectivity index (χ0n) is 12.4. The van der Waals surface area contributed by atoms with Crippen molar-refractivity contribution in [2.24, 2.45) is 23.7 Å². The number of amides is 2. The third kappa shape index (κ3) is 1.49. The van der Waals surface area contributed by atoms with Crippen molar-refractivity contribution in [1.29, 1.82) is 0 Å². The van der Waals surface area contributed by atoms with Crippen molar-refractivity contribution in [3.05, 3.63) is 29.2 Å². The van der Waals surface area contributed by atoms with Gasteiger partial charge in [0.1, 0.15) is 5.76 Å². The Morgan fingerprint density at radius 2 is 1.76 bits per heavy atom. The second-order valence-corrected chi connectivity index (χ2v) is 6.46. The van der Waals surface area contributed by atoms with E-state index in [9.17, 15) is 9.59 Å². The lowest BCUT2D eigenvalue weighted by Gasteiger charge is -2.24. The van der Waals surface area contributed by atoms with Gasteiger partial charge >= 0.3 is 0 Å². The monoisotopic (exact) mass is 286 g/mol. The summed E-state index contributed by atoms with van der Waals surface area (Å²) in [4.78, 5) is 27.0. The molecule has 1 saturated carbocycles. The van der Waals surface area contributed by atoms with Gasteiger partial charge in [0.15, 0.2) is 0 Å². The highest BCUT2D eigenvalue weighted by molar-refractivity contribution is 6.06. The summed E-state index contributed by atoms with van der Waals surface area (Å²) in [5.74, 6) is 0.852. The first kappa shape index (κ1) is 12.8. The van der Waals surface area contributed by atoms with Crippen LogP contribution in [0.15, 0.2) is 16.7 Å². The minimum atomic E-state index is -0.304. The number of hydrogen-bond donors (Lipinski definition) is 0. The third-order valence-corrected chi connectivity index (χ3v) is 5.40. The number of rotatable bonds is 2. The molecule has 1 aromatic rings. The van der Waals surface area contributed by atoms with Gasteiger partial charge in [-0.15, -0.1) is 0 Å². The number of nitrogens with zero attached hydrogens (tertiary/aromatic N) is 2. The van der Waals surface area contributed by atoms with E-state index in [1.807, 2.05) is 20.8 Å². The topological polar surface area (TPSA) is 63.4 Å². The van der Waals surface area contributed by atoms with Crippen LogP contribution in [0.2, 0.25) is 0 Å². The van der Waals surface area contributed by atoms with Crippen LogP contribution in [0.4, 0.5) is 0 Å². The van der Waals surface area contributed by atoms with Gasteiger partial charge < -0.3 is 4.52 Å². The van der Waals surface area contributed by atoms with Crippen molar-refractivity contribution in [1.82, 2.24) is 10.1 Å². The predicted molar refractivity (Wildman–Crippen MR) is 74.0 cm³/mol. The van der Waals surface area contributed by atoms with E-state index in [0.29, 0.717) is 5.76 Å². The minimum absolute atomic E-state index is 0.0191. The Morgan fingerprint density at radius 3 is 2.24 bits per heavy atom. The van der Waals surface area contributed by atoms with Crippen molar-refractivity contribution in [2.75, 3.05) is 0 Å². The zero-order valence-corrected chi connectivity index (χ0v) is 12.4. The lowest BCUT2D eigenvalue weighted by Crippen LogP contribution is -2.35. The average Bonchev–Trinajstić information content (AvgIpc) is 3.16. The summed E-state index contributed by atoms with van der Waals surface area (Å²) < 4.78 is 5.18. The Bertz CT molecular complexity index is 626. The van der Waals surface area contributed by atoms with Crippen molar-refractivity contribution < 1.29 is 14.1 Å². The van der Waals surface area contributed by atoms with Crippen LogP contribution in [0.5, 0.6) is 0 Å². The highest BCUT2D eigenvalue weighted by Crippen LogP contribution is 2.53. The lowest BCUT2D eigenvalue weighted by molar-refractivity contribution is -0.143. The quantitative estimate of drug-likeness (QED) is 0.617. The van der Waals surface area contributed by atoms with Gasteiger partial charge in [-0.05, 0) is 39.0 Å². The van der Waals surface area contributed by atoms with Gasteiger partial charge in [-0.25, -0.2) is 0 Å². The molecule has 3 aliphatic rings. The molecule has 1 aliphatic heterocycles. The van der Waals surface area contributed by atoms with E-state index in [-0.39, 0.29) is 41.5 Å². The predicted octanol–water partition coefficient (Wildman–Crippen LogP) is 2.16. The normalized spacial score (nSPS) is 34.9. The lowest BCUT2D eigenvalue weighted by atomic mass is 9.85. The molecule has 2 fully saturated rings. The first-order chi connectivity index (χ1) is 10.0. The molecule has 0 radical (unpaired) electrons. The summed E-state index contributed by atoms with van der Waals surface area (Å²) in [6.45, 7) is 5.56. The number of hydrogen-bond acceptors (Lipinski definition) is 4. The maximum Gasteiger partial charge on any atom is 0.234 e. The Balaban J connectivity index is 1.71. The van der Waals surface area contributed by atoms with Crippen LogP contribution < -0.4 is 0 Å². The molecule has 110 valence electrons. The molecule has 0 unspecified atom stereocenters. The van der Waals surface area contributed by atoms with Crippen molar-refractivity contribution in [3.63, 3.8) is 0 Å². The van der Waals surface area contributed by atoms with E-state index in [0.717, 1.165) is 17.7 Å². The molecule has 2 amide bonds. The molecular weight excluding hydrogens is 268 g/mol. The number of carbonyl (C=O) groups excluding carboxylic acids is 2. The van der Waals surface area contributed by atoms with Crippen LogP contribution in [-0.4, -0.2) is 21.9 Å². The van der Waals surface area contributed by atoms with Crippen LogP contribution >= 0.6 is 0 Å². The number of likely N-dealkylation sites (tertiary alicyclic amines) is 1. The van der Waals surface area contributed by atoms with Crippen molar-refractivity contribution in [2.45, 2.75) is 33.2 Å². The maximum absolute atomic E-state index is 12.8. The first-order valence-electron chi connectivity index (χ1n) is 7.48. The van der Waals surface area contributed by atoms with E-state index < -0.39 is 0 Å². The first-order valence-corrected chi connectivity index (χ1v) is 7.48. The van der Waals surface area contributed by atoms with Gasteiger partial charge in [0.2, 0.25) is 11.8 Å². The molecule has 5 atom stereocenters. The molecule has 2 bridgehead atoms. The molecule has 1 aromatic heterocycles. The fraction of sp³-hybridized carbons (Fsp3) is 0.562. The second kappa shape index (κ2) is 4.06. The summed E-state index contributed by atoms with van der Waals surface area (Å²) in [7, 11) is 0. The summed E-state index contributed by atoms with van der Waals surface area (Å²) in [5, 5.41) is 3.94. The molecule has 5 nitrogen and oxygen atoms in total. The van der Waals surface area contributed by atoms with E-state index >= 15 is 0 Å². The van der Waals surface area contributed by atoms with Gasteiger partial charge in [-0.1, -0.05) is 17.3 Å². The second-order valence-electron chi connectivity index (χ2n) is 6.46. The number of fused-ring (bicyclic) bond motifs is 5. The van der Waals surface area contributed by atoms with E-state index in [1.165, 1.54) is 4.90 Å².